The van der Waals surface area contributed by atoms with Crippen LogP contribution in [0.4, 0.5) is 0 Å². The predicted molar refractivity (Wildman–Crippen MR) is 113 cm³/mol. The van der Waals surface area contributed by atoms with Crippen molar-refractivity contribution in [2.45, 2.75) is 13.5 Å². The number of nitrogens with one attached hydrogen (secondary N) is 2. The Morgan fingerprint density at radius 3 is 2.59 bits per heavy atom. The number of hydrogen-bond acceptors (Lipinski definition) is 5. The van der Waals surface area contributed by atoms with Crippen LogP contribution in [0.1, 0.15) is 12.7 Å². The molecule has 2 N–H and O–H groups in total. The Balaban J connectivity index is 1.46. The number of rotatable bonds is 9. The maximum atomic E-state index is 6.02. The summed E-state index contributed by atoms with van der Waals surface area (Å²) in [6.07, 6.45) is 1.74. The van der Waals surface area contributed by atoms with Crippen molar-refractivity contribution in [3.63, 3.8) is 0 Å². The summed E-state index contributed by atoms with van der Waals surface area (Å²) in [6.45, 7) is 5.45. The van der Waals surface area contributed by atoms with E-state index in [2.05, 4.69) is 27.0 Å². The molecule has 4 aromatic rings. The quantitative estimate of drug-likeness (QED) is 0.447. The molecule has 150 valence electrons. The van der Waals surface area contributed by atoms with E-state index < -0.39 is 0 Å². The highest BCUT2D eigenvalue weighted by Gasteiger charge is 2.09. The van der Waals surface area contributed by atoms with Crippen LogP contribution in [0, 0.1) is 0 Å². The highest BCUT2D eigenvalue weighted by atomic mass is 16.5. The summed E-state index contributed by atoms with van der Waals surface area (Å²) >= 11 is 0. The first-order valence-corrected chi connectivity index (χ1v) is 9.72. The summed E-state index contributed by atoms with van der Waals surface area (Å²) in [4.78, 5) is 10.4. The van der Waals surface area contributed by atoms with Crippen LogP contribution in [0.15, 0.2) is 54.7 Å². The van der Waals surface area contributed by atoms with Crippen molar-refractivity contribution in [1.29, 1.82) is 0 Å². The average Bonchev–Trinajstić information content (AvgIpc) is 3.41. The van der Waals surface area contributed by atoms with Gasteiger partial charge in [0.05, 0.1) is 29.9 Å². The van der Waals surface area contributed by atoms with Gasteiger partial charge in [0.15, 0.2) is 0 Å². The van der Waals surface area contributed by atoms with Crippen molar-refractivity contribution in [2.24, 2.45) is 0 Å². The molecule has 0 unspecified atom stereocenters. The highest BCUT2D eigenvalue weighted by Crippen LogP contribution is 2.27. The number of aromatic nitrogens is 4. The standard InChI is InChI=1S/C22H25N5O2/c1-3-27(12-13-28-2)15-22-24-20-9-8-18(14-21(20)25-22)29-17-6-4-16(5-7-17)19-10-11-23-26-19/h4-11,14H,3,12-13,15H2,1-2H3,(H,23,26)(H,24,25). The highest BCUT2D eigenvalue weighted by molar-refractivity contribution is 5.77. The number of aromatic amines is 2. The summed E-state index contributed by atoms with van der Waals surface area (Å²) < 4.78 is 11.2. The number of benzene rings is 2. The minimum atomic E-state index is 0.714. The number of ether oxygens (including phenoxy) is 2. The van der Waals surface area contributed by atoms with Crippen LogP contribution in [0.5, 0.6) is 11.5 Å². The van der Waals surface area contributed by atoms with Crippen LogP contribution < -0.4 is 4.74 Å². The molecule has 4 rings (SSSR count). The Hall–Kier alpha value is -3.16. The molecule has 0 saturated carbocycles. The van der Waals surface area contributed by atoms with Crippen LogP contribution >= 0.6 is 0 Å². The van der Waals surface area contributed by atoms with Gasteiger partial charge in [-0.3, -0.25) is 10.00 Å². The molecular weight excluding hydrogens is 366 g/mol. The number of fused-ring (bicyclic) bond motifs is 1. The second kappa shape index (κ2) is 8.89. The van der Waals surface area contributed by atoms with Gasteiger partial charge in [0.25, 0.3) is 0 Å². The Morgan fingerprint density at radius 1 is 1.03 bits per heavy atom. The zero-order valence-corrected chi connectivity index (χ0v) is 16.7. The molecule has 0 bridgehead atoms. The minimum absolute atomic E-state index is 0.714. The molecule has 0 radical (unpaired) electrons. The summed E-state index contributed by atoms with van der Waals surface area (Å²) in [5.41, 5.74) is 3.95. The first-order chi connectivity index (χ1) is 14.2. The van der Waals surface area contributed by atoms with Gasteiger partial charge >= 0.3 is 0 Å². The maximum absolute atomic E-state index is 6.02. The second-order valence-electron chi connectivity index (χ2n) is 6.82. The van der Waals surface area contributed by atoms with E-state index in [-0.39, 0.29) is 0 Å². The van der Waals surface area contributed by atoms with E-state index in [4.69, 9.17) is 14.5 Å². The van der Waals surface area contributed by atoms with E-state index in [1.807, 2.05) is 48.5 Å². The molecule has 0 fully saturated rings. The molecule has 2 heterocycles. The summed E-state index contributed by atoms with van der Waals surface area (Å²) in [7, 11) is 1.72. The molecule has 0 amide bonds. The van der Waals surface area contributed by atoms with Crippen LogP contribution in [-0.2, 0) is 11.3 Å². The van der Waals surface area contributed by atoms with E-state index in [0.717, 1.165) is 59.2 Å². The predicted octanol–water partition coefficient (Wildman–Crippen LogP) is 4.21. The van der Waals surface area contributed by atoms with Gasteiger partial charge in [-0.1, -0.05) is 6.92 Å². The molecule has 0 aliphatic rings. The van der Waals surface area contributed by atoms with Crippen LogP contribution in [0.25, 0.3) is 22.3 Å². The lowest BCUT2D eigenvalue weighted by Gasteiger charge is -2.18. The monoisotopic (exact) mass is 391 g/mol. The second-order valence-corrected chi connectivity index (χ2v) is 6.82. The van der Waals surface area contributed by atoms with Gasteiger partial charge in [-0.05, 0) is 54.6 Å². The lowest BCUT2D eigenvalue weighted by atomic mass is 10.1. The van der Waals surface area contributed by atoms with E-state index in [0.29, 0.717) is 6.61 Å². The van der Waals surface area contributed by atoms with Crippen LogP contribution in [0.2, 0.25) is 0 Å². The van der Waals surface area contributed by atoms with Gasteiger partial charge in [0, 0.05) is 25.9 Å². The number of likely N-dealkylation sites (N-methyl/N-ethyl adjacent to an activating group) is 1. The number of H-pyrrole nitrogens is 2. The van der Waals surface area contributed by atoms with Gasteiger partial charge < -0.3 is 14.5 Å². The fourth-order valence-electron chi connectivity index (χ4n) is 3.21. The minimum Gasteiger partial charge on any atom is -0.457 e. The first-order valence-electron chi connectivity index (χ1n) is 9.72. The largest absolute Gasteiger partial charge is 0.457 e. The third-order valence-corrected chi connectivity index (χ3v) is 4.84. The summed E-state index contributed by atoms with van der Waals surface area (Å²) in [5, 5.41) is 6.94. The molecule has 29 heavy (non-hydrogen) atoms. The molecule has 2 aromatic heterocycles. The van der Waals surface area contributed by atoms with Gasteiger partial charge in [-0.15, -0.1) is 0 Å². The first kappa shape index (κ1) is 19.2. The van der Waals surface area contributed by atoms with Crippen molar-refractivity contribution in [3.05, 3.63) is 60.6 Å². The number of imidazole rings is 1. The van der Waals surface area contributed by atoms with Gasteiger partial charge in [0.1, 0.15) is 17.3 Å². The summed E-state index contributed by atoms with van der Waals surface area (Å²) in [5.74, 6) is 2.48. The molecule has 0 saturated heterocycles. The van der Waals surface area contributed by atoms with Crippen molar-refractivity contribution in [3.8, 4) is 22.8 Å². The molecule has 0 atom stereocenters. The summed E-state index contributed by atoms with van der Waals surface area (Å²) in [6, 6.07) is 15.8. The van der Waals surface area contributed by atoms with E-state index in [1.165, 1.54) is 0 Å². The molecule has 2 aromatic carbocycles. The number of methoxy groups -OCH3 is 1. The van der Waals surface area contributed by atoms with E-state index >= 15 is 0 Å². The molecule has 0 aliphatic heterocycles. The number of hydrogen-bond donors (Lipinski definition) is 2. The topological polar surface area (TPSA) is 79.1 Å². The normalized spacial score (nSPS) is 11.4. The Kier molecular flexibility index (Phi) is 5.88. The van der Waals surface area contributed by atoms with Crippen LogP contribution in [-0.4, -0.2) is 51.9 Å². The van der Waals surface area contributed by atoms with Crippen LogP contribution in [0.3, 0.4) is 0 Å². The van der Waals surface area contributed by atoms with Crippen molar-refractivity contribution >= 4 is 11.0 Å². The lowest BCUT2D eigenvalue weighted by Crippen LogP contribution is -2.27. The molecule has 7 heteroatoms. The Morgan fingerprint density at radius 2 is 1.86 bits per heavy atom. The smallest absolute Gasteiger partial charge is 0.129 e. The van der Waals surface area contributed by atoms with Crippen molar-refractivity contribution in [1.82, 2.24) is 25.1 Å². The van der Waals surface area contributed by atoms with Crippen molar-refractivity contribution < 1.29 is 9.47 Å². The fraction of sp³-hybridized carbons (Fsp3) is 0.273. The zero-order valence-electron chi connectivity index (χ0n) is 16.7. The SMILES string of the molecule is CCN(CCOC)Cc1nc2cc(Oc3ccc(-c4ccn[nH]4)cc3)ccc2[nH]1. The van der Waals surface area contributed by atoms with Gasteiger partial charge in [-0.2, -0.15) is 5.10 Å². The third kappa shape index (κ3) is 4.64. The van der Waals surface area contributed by atoms with Gasteiger partial charge in [-0.25, -0.2) is 4.98 Å². The third-order valence-electron chi connectivity index (χ3n) is 4.84. The lowest BCUT2D eigenvalue weighted by molar-refractivity contribution is 0.146. The van der Waals surface area contributed by atoms with E-state index in [1.54, 1.807) is 13.3 Å². The molecule has 0 aliphatic carbocycles. The van der Waals surface area contributed by atoms with Crippen molar-refractivity contribution in [2.75, 3.05) is 26.8 Å². The Labute approximate surface area is 169 Å². The number of nitrogens with zero attached hydrogens (tertiary/aromatic N) is 3. The molecule has 0 spiro atoms. The van der Waals surface area contributed by atoms with E-state index in [9.17, 15) is 0 Å². The fourth-order valence-corrected chi connectivity index (χ4v) is 3.21. The molecule has 7 nitrogen and oxygen atoms in total. The van der Waals surface area contributed by atoms with Gasteiger partial charge in [0.2, 0.25) is 0 Å². The molecular formula is C22H25N5O2. The average molecular weight is 391 g/mol. The maximum Gasteiger partial charge on any atom is 0.129 e. The Bertz CT molecular complexity index is 1040. The zero-order chi connectivity index (χ0) is 20.1.